The zero-order valence-corrected chi connectivity index (χ0v) is 14.8. The number of likely N-dealkylation sites (tertiary alicyclic amines) is 1. The maximum absolute atomic E-state index is 12.4. The van der Waals surface area contributed by atoms with Crippen LogP contribution in [0, 0.1) is 5.92 Å². The van der Waals surface area contributed by atoms with Crippen LogP contribution in [0.3, 0.4) is 0 Å². The summed E-state index contributed by atoms with van der Waals surface area (Å²) in [6, 6.07) is 8.04. The van der Waals surface area contributed by atoms with E-state index in [1.165, 1.54) is 11.1 Å². The number of carbonyl (C=O) groups is 1. The molecule has 0 aliphatic carbocycles. The number of hydrogen-bond donors (Lipinski definition) is 0. The summed E-state index contributed by atoms with van der Waals surface area (Å²) in [5.41, 5.74) is 2.41. The fraction of sp³-hybridized carbons (Fsp3) is 0.450. The molecule has 25 heavy (non-hydrogen) atoms. The van der Waals surface area contributed by atoms with Gasteiger partial charge in [-0.05, 0) is 55.1 Å². The summed E-state index contributed by atoms with van der Waals surface area (Å²) in [4.78, 5) is 25.0. The van der Waals surface area contributed by atoms with Crippen molar-refractivity contribution < 1.29 is 4.79 Å². The molecule has 1 atom stereocenters. The zero-order valence-electron chi connectivity index (χ0n) is 14.8. The number of nitrogens with zero attached hydrogens (tertiary/aromatic N) is 4. The average molecular weight is 338 g/mol. The topological polar surface area (TPSA) is 49.3 Å². The number of hydrogen-bond acceptors (Lipinski definition) is 4. The Kier molecular flexibility index (Phi) is 6.12. The van der Waals surface area contributed by atoms with Gasteiger partial charge in [0.1, 0.15) is 0 Å². The highest BCUT2D eigenvalue weighted by Gasteiger charge is 2.26. The summed E-state index contributed by atoms with van der Waals surface area (Å²) < 4.78 is 0. The maximum Gasteiger partial charge on any atom is 0.222 e. The summed E-state index contributed by atoms with van der Waals surface area (Å²) in [5, 5.41) is 0. The third-order valence-corrected chi connectivity index (χ3v) is 4.76. The second kappa shape index (κ2) is 8.72. The van der Waals surface area contributed by atoms with E-state index in [0.717, 1.165) is 39.0 Å². The molecule has 0 saturated carbocycles. The molecule has 0 spiro atoms. The van der Waals surface area contributed by atoms with Crippen LogP contribution >= 0.6 is 0 Å². The van der Waals surface area contributed by atoms with Gasteiger partial charge in [-0.2, -0.15) is 0 Å². The van der Waals surface area contributed by atoms with Gasteiger partial charge in [0, 0.05) is 57.4 Å². The van der Waals surface area contributed by atoms with E-state index in [0.29, 0.717) is 12.3 Å². The highest BCUT2D eigenvalue weighted by atomic mass is 16.2. The quantitative estimate of drug-likeness (QED) is 0.778. The lowest BCUT2D eigenvalue weighted by molar-refractivity contribution is -0.130. The smallest absolute Gasteiger partial charge is 0.222 e. The van der Waals surface area contributed by atoms with Gasteiger partial charge >= 0.3 is 0 Å². The van der Waals surface area contributed by atoms with Crippen molar-refractivity contribution in [1.82, 2.24) is 19.8 Å². The molecule has 0 bridgehead atoms. The fourth-order valence-corrected chi connectivity index (χ4v) is 3.48. The lowest BCUT2D eigenvalue weighted by Gasteiger charge is -2.21. The Labute approximate surface area is 149 Å². The van der Waals surface area contributed by atoms with Gasteiger partial charge in [0.2, 0.25) is 5.91 Å². The molecule has 3 heterocycles. The molecule has 3 rings (SSSR count). The Balaban J connectivity index is 1.41. The van der Waals surface area contributed by atoms with Gasteiger partial charge in [0.15, 0.2) is 0 Å². The van der Waals surface area contributed by atoms with Crippen LogP contribution in [0.2, 0.25) is 0 Å². The molecule has 5 nitrogen and oxygen atoms in total. The van der Waals surface area contributed by atoms with Crippen molar-refractivity contribution in [1.29, 1.82) is 0 Å². The summed E-state index contributed by atoms with van der Waals surface area (Å²) in [6.45, 7) is 3.69. The second-order valence-corrected chi connectivity index (χ2v) is 6.91. The minimum Gasteiger partial charge on any atom is -0.342 e. The molecule has 5 heteroatoms. The van der Waals surface area contributed by atoms with E-state index in [9.17, 15) is 4.79 Å². The first-order chi connectivity index (χ1) is 12.2. The fourth-order valence-electron chi connectivity index (χ4n) is 3.48. The number of pyridine rings is 2. The van der Waals surface area contributed by atoms with Crippen molar-refractivity contribution in [2.24, 2.45) is 5.92 Å². The second-order valence-electron chi connectivity index (χ2n) is 6.91. The predicted molar refractivity (Wildman–Crippen MR) is 97.8 cm³/mol. The molecule has 1 saturated heterocycles. The third kappa shape index (κ3) is 5.36. The average Bonchev–Trinajstić information content (AvgIpc) is 3.10. The van der Waals surface area contributed by atoms with Crippen molar-refractivity contribution in [2.45, 2.75) is 25.8 Å². The van der Waals surface area contributed by atoms with E-state index in [-0.39, 0.29) is 5.91 Å². The molecule has 1 aliphatic heterocycles. The van der Waals surface area contributed by atoms with Crippen molar-refractivity contribution in [3.63, 3.8) is 0 Å². The van der Waals surface area contributed by atoms with Crippen molar-refractivity contribution >= 4 is 5.91 Å². The minimum atomic E-state index is 0.272. The van der Waals surface area contributed by atoms with Crippen molar-refractivity contribution in [3.8, 4) is 0 Å². The molecule has 0 aromatic carbocycles. The van der Waals surface area contributed by atoms with Gasteiger partial charge in [-0.15, -0.1) is 0 Å². The summed E-state index contributed by atoms with van der Waals surface area (Å²) in [5.74, 6) is 0.834. The van der Waals surface area contributed by atoms with E-state index < -0.39 is 0 Å². The van der Waals surface area contributed by atoms with Gasteiger partial charge < -0.3 is 9.80 Å². The Morgan fingerprint density at radius 3 is 2.80 bits per heavy atom. The first-order valence-corrected chi connectivity index (χ1v) is 8.95. The molecule has 0 radical (unpaired) electrons. The normalized spacial score (nSPS) is 17.2. The van der Waals surface area contributed by atoms with Gasteiger partial charge in [-0.3, -0.25) is 14.8 Å². The van der Waals surface area contributed by atoms with Gasteiger partial charge in [-0.25, -0.2) is 0 Å². The highest BCUT2D eigenvalue weighted by molar-refractivity contribution is 5.76. The number of aromatic nitrogens is 2. The van der Waals surface area contributed by atoms with E-state index in [1.54, 1.807) is 18.6 Å². The standard InChI is InChI=1S/C20H26N4O/c1-23(14-18-3-2-9-22-13-18)15-19-8-12-24(16-19)20(25)5-4-17-6-10-21-11-7-17/h2-3,6-7,9-11,13,19H,4-5,8,12,14-16H2,1H3. The lowest BCUT2D eigenvalue weighted by atomic mass is 10.1. The molecule has 1 aliphatic rings. The molecule has 132 valence electrons. The molecule has 2 aromatic heterocycles. The Bertz CT molecular complexity index is 662. The summed E-state index contributed by atoms with van der Waals surface area (Å²) >= 11 is 0. The minimum absolute atomic E-state index is 0.272. The van der Waals surface area contributed by atoms with Gasteiger partial charge in [0.05, 0.1) is 0 Å². The van der Waals surface area contributed by atoms with Crippen LogP contribution in [0.1, 0.15) is 24.0 Å². The molecule has 1 fully saturated rings. The first kappa shape index (κ1) is 17.5. The Morgan fingerprint density at radius 2 is 2.04 bits per heavy atom. The zero-order chi connectivity index (χ0) is 17.5. The van der Waals surface area contributed by atoms with E-state index >= 15 is 0 Å². The number of rotatable bonds is 7. The van der Waals surface area contributed by atoms with Crippen LogP contribution < -0.4 is 0 Å². The Hall–Kier alpha value is -2.27. The van der Waals surface area contributed by atoms with Crippen molar-refractivity contribution in [2.75, 3.05) is 26.7 Å². The number of carbonyl (C=O) groups excluding carboxylic acids is 1. The molecule has 1 unspecified atom stereocenters. The SMILES string of the molecule is CN(Cc1cccnc1)CC1CCN(C(=O)CCc2ccncc2)C1. The predicted octanol–water partition coefficient (Wildman–Crippen LogP) is 2.39. The summed E-state index contributed by atoms with van der Waals surface area (Å²) in [6.07, 6.45) is 9.76. The highest BCUT2D eigenvalue weighted by Crippen LogP contribution is 2.19. The number of aryl methyl sites for hydroxylation is 1. The molecule has 1 amide bonds. The molecule has 0 N–H and O–H groups in total. The maximum atomic E-state index is 12.4. The lowest BCUT2D eigenvalue weighted by Crippen LogP contribution is -2.31. The van der Waals surface area contributed by atoms with E-state index in [4.69, 9.17) is 0 Å². The summed E-state index contributed by atoms with van der Waals surface area (Å²) in [7, 11) is 2.14. The van der Waals surface area contributed by atoms with Crippen LogP contribution in [0.25, 0.3) is 0 Å². The molecular weight excluding hydrogens is 312 g/mol. The van der Waals surface area contributed by atoms with Crippen LogP contribution in [0.4, 0.5) is 0 Å². The van der Waals surface area contributed by atoms with Crippen LogP contribution in [0.5, 0.6) is 0 Å². The van der Waals surface area contributed by atoms with Crippen LogP contribution in [-0.2, 0) is 17.8 Å². The van der Waals surface area contributed by atoms with Crippen LogP contribution in [-0.4, -0.2) is 52.4 Å². The largest absolute Gasteiger partial charge is 0.342 e. The van der Waals surface area contributed by atoms with E-state index in [1.807, 2.05) is 29.3 Å². The Morgan fingerprint density at radius 1 is 1.20 bits per heavy atom. The van der Waals surface area contributed by atoms with Crippen molar-refractivity contribution in [3.05, 3.63) is 60.2 Å². The molecular formula is C20H26N4O. The monoisotopic (exact) mass is 338 g/mol. The van der Waals surface area contributed by atoms with Crippen LogP contribution in [0.15, 0.2) is 49.1 Å². The number of amides is 1. The van der Waals surface area contributed by atoms with Gasteiger partial charge in [-0.1, -0.05) is 6.07 Å². The van der Waals surface area contributed by atoms with E-state index in [2.05, 4.69) is 28.0 Å². The third-order valence-electron chi connectivity index (χ3n) is 4.76. The van der Waals surface area contributed by atoms with Gasteiger partial charge in [0.25, 0.3) is 0 Å². The molecule has 2 aromatic rings. The first-order valence-electron chi connectivity index (χ1n) is 8.95.